The third kappa shape index (κ3) is 12.4. The van der Waals surface area contributed by atoms with Crippen LogP contribution in [-0.4, -0.2) is 56.6 Å². The Morgan fingerprint density at radius 1 is 0.750 bits per heavy atom. The van der Waals surface area contributed by atoms with Crippen LogP contribution < -0.4 is 38.5 Å². The highest BCUT2D eigenvalue weighted by Gasteiger charge is 2.07. The van der Waals surface area contributed by atoms with Crippen LogP contribution in [0.4, 0.5) is 11.4 Å². The fraction of sp³-hybridized carbons (Fsp3) is 0.417. The molecule has 0 aliphatic heterocycles. The fourth-order valence-electron chi connectivity index (χ4n) is 3.11. The second kappa shape index (κ2) is 16.2. The summed E-state index contributed by atoms with van der Waals surface area (Å²) >= 11 is 11.8. The number of benzene rings is 2. The zero-order valence-electron chi connectivity index (χ0n) is 20.8. The smallest absolute Gasteiger partial charge is 0.200 e. The molecule has 0 amide bonds. The molecule has 2 rings (SSSR count). The number of nitrogens with zero attached hydrogens (tertiary/aromatic N) is 3. The lowest BCUT2D eigenvalue weighted by Gasteiger charge is -2.20. The average Bonchev–Trinajstić information content (AvgIpc) is 2.83. The topological polar surface area (TPSA) is 154 Å². The van der Waals surface area contributed by atoms with Crippen LogP contribution in [0.15, 0.2) is 58.5 Å². The van der Waals surface area contributed by atoms with Crippen molar-refractivity contribution in [2.45, 2.75) is 38.3 Å². The molecule has 0 radical (unpaired) electrons. The summed E-state index contributed by atoms with van der Waals surface area (Å²) in [5.41, 5.74) is 19.7. The molecule has 0 heterocycles. The van der Waals surface area contributed by atoms with Crippen molar-refractivity contribution in [1.82, 2.24) is 15.5 Å². The van der Waals surface area contributed by atoms with Gasteiger partial charge >= 0.3 is 0 Å². The zero-order chi connectivity index (χ0) is 26.3. The molecule has 2 atom stereocenters. The third-order valence-electron chi connectivity index (χ3n) is 4.99. The van der Waals surface area contributed by atoms with Gasteiger partial charge in [0.15, 0.2) is 18.5 Å². The Morgan fingerprint density at radius 3 is 1.67 bits per heavy atom. The van der Waals surface area contributed by atoms with E-state index < -0.39 is 12.6 Å². The first kappa shape index (κ1) is 29.6. The normalized spacial score (nSPS) is 13.8. The molecule has 0 spiro atoms. The third-order valence-corrected chi connectivity index (χ3v) is 5.49. The minimum Gasteiger partial charge on any atom is -0.370 e. The molecule has 10 nitrogen and oxygen atoms in total. The van der Waals surface area contributed by atoms with E-state index in [0.29, 0.717) is 16.0 Å². The Morgan fingerprint density at radius 2 is 1.19 bits per heavy atom. The van der Waals surface area contributed by atoms with Crippen molar-refractivity contribution >= 4 is 46.5 Å². The Bertz CT molecular complexity index is 948. The summed E-state index contributed by atoms with van der Waals surface area (Å²) < 4.78 is 0. The highest BCUT2D eigenvalue weighted by molar-refractivity contribution is 6.31. The number of guanidine groups is 2. The number of hydrogen-bond acceptors (Lipinski definition) is 6. The SMILES string of the molecule is CN(C)C(=NC(N)NCCCCCCNC(N)N=C(N)Nc1ccc(Cl)cc1)Nc1ccc(Cl)cc1. The van der Waals surface area contributed by atoms with Gasteiger partial charge in [0.25, 0.3) is 0 Å². The molecule has 10 N–H and O–H groups in total. The molecule has 0 saturated heterocycles. The lowest BCUT2D eigenvalue weighted by atomic mass is 10.2. The summed E-state index contributed by atoms with van der Waals surface area (Å²) in [4.78, 5) is 10.6. The number of nitrogens with one attached hydrogen (secondary N) is 4. The largest absolute Gasteiger partial charge is 0.370 e. The van der Waals surface area contributed by atoms with Gasteiger partial charge in [0, 0.05) is 35.5 Å². The maximum atomic E-state index is 6.14. The standard InChI is InChI=1S/C24H38Cl2N10/c1-36(2)24(33-20-13-9-18(26)10-14-20)35-22(28)31-16-6-4-3-5-15-30-21(27)34-23(29)32-19-11-7-17(25)8-12-19/h7-14,21-22,30-31H,3-6,15-16,27-28H2,1-2H3,(H,33,35)(H3,29,32,34). The molecule has 36 heavy (non-hydrogen) atoms. The molecule has 198 valence electrons. The van der Waals surface area contributed by atoms with Crippen LogP contribution >= 0.6 is 23.2 Å². The van der Waals surface area contributed by atoms with Crippen molar-refractivity contribution < 1.29 is 0 Å². The Kier molecular flexibility index (Phi) is 13.3. The van der Waals surface area contributed by atoms with Crippen LogP contribution in [0, 0.1) is 0 Å². The van der Waals surface area contributed by atoms with Crippen LogP contribution in [0.3, 0.4) is 0 Å². The summed E-state index contributed by atoms with van der Waals surface area (Å²) in [6.07, 6.45) is 3.01. The fourth-order valence-corrected chi connectivity index (χ4v) is 3.36. The van der Waals surface area contributed by atoms with Gasteiger partial charge in [0.1, 0.15) is 0 Å². The first-order chi connectivity index (χ1) is 17.2. The van der Waals surface area contributed by atoms with Crippen molar-refractivity contribution in [2.75, 3.05) is 37.8 Å². The van der Waals surface area contributed by atoms with Gasteiger partial charge in [-0.15, -0.1) is 0 Å². The van der Waals surface area contributed by atoms with E-state index in [1.165, 1.54) is 0 Å². The van der Waals surface area contributed by atoms with Crippen LogP contribution in [0.1, 0.15) is 25.7 Å². The molecule has 12 heteroatoms. The van der Waals surface area contributed by atoms with Crippen LogP contribution in [0.2, 0.25) is 10.0 Å². The first-order valence-electron chi connectivity index (χ1n) is 11.8. The molecule has 0 aliphatic rings. The van der Waals surface area contributed by atoms with Crippen molar-refractivity contribution in [1.29, 1.82) is 0 Å². The second-order valence-electron chi connectivity index (χ2n) is 8.34. The monoisotopic (exact) mass is 536 g/mol. The molecule has 0 fully saturated rings. The van der Waals surface area contributed by atoms with E-state index in [2.05, 4.69) is 31.3 Å². The molecule has 0 bridgehead atoms. The van der Waals surface area contributed by atoms with Crippen molar-refractivity contribution in [3.05, 3.63) is 58.6 Å². The minimum atomic E-state index is -0.574. The van der Waals surface area contributed by atoms with E-state index in [4.69, 9.17) is 40.4 Å². The predicted molar refractivity (Wildman–Crippen MR) is 153 cm³/mol. The van der Waals surface area contributed by atoms with Gasteiger partial charge in [0.2, 0.25) is 5.96 Å². The highest BCUT2D eigenvalue weighted by atomic mass is 35.5. The quantitative estimate of drug-likeness (QED) is 0.0891. The summed E-state index contributed by atoms with van der Waals surface area (Å²) in [5, 5.41) is 14.0. The lowest BCUT2D eigenvalue weighted by Crippen LogP contribution is -2.40. The molecular formula is C24H38Cl2N10. The molecule has 0 aliphatic carbocycles. The number of aliphatic imine (C=N–C) groups is 2. The zero-order valence-corrected chi connectivity index (χ0v) is 22.4. The van der Waals surface area contributed by atoms with Crippen molar-refractivity contribution in [2.24, 2.45) is 27.2 Å². The van der Waals surface area contributed by atoms with Gasteiger partial charge in [-0.2, -0.15) is 0 Å². The van der Waals surface area contributed by atoms with Crippen LogP contribution in [0.25, 0.3) is 0 Å². The van der Waals surface area contributed by atoms with Gasteiger partial charge in [-0.05, 0) is 74.5 Å². The average molecular weight is 538 g/mol. The van der Waals surface area contributed by atoms with Crippen molar-refractivity contribution in [3.63, 3.8) is 0 Å². The Labute approximate surface area is 223 Å². The van der Waals surface area contributed by atoms with Crippen LogP contribution in [-0.2, 0) is 0 Å². The molecule has 2 unspecified atom stereocenters. The van der Waals surface area contributed by atoms with E-state index in [9.17, 15) is 0 Å². The van der Waals surface area contributed by atoms with Gasteiger partial charge < -0.3 is 21.3 Å². The van der Waals surface area contributed by atoms with E-state index in [1.54, 1.807) is 12.1 Å². The maximum absolute atomic E-state index is 6.14. The summed E-state index contributed by atoms with van der Waals surface area (Å²) in [5.74, 6) is 0.898. The first-order valence-corrected chi connectivity index (χ1v) is 12.6. The van der Waals surface area contributed by atoms with Crippen molar-refractivity contribution in [3.8, 4) is 0 Å². The highest BCUT2D eigenvalue weighted by Crippen LogP contribution is 2.14. The Hall–Kier alpha value is -2.60. The van der Waals surface area contributed by atoms with Crippen LogP contribution in [0.5, 0.6) is 0 Å². The molecule has 0 saturated carbocycles. The summed E-state index contributed by atoms with van der Waals surface area (Å²) in [7, 11) is 3.81. The number of halogens is 2. The number of anilines is 2. The minimum absolute atomic E-state index is 0.239. The molecule has 2 aromatic rings. The number of rotatable bonds is 13. The number of hydrogen-bond donors (Lipinski definition) is 7. The Balaban J connectivity index is 1.58. The second-order valence-corrected chi connectivity index (χ2v) is 9.21. The molecular weight excluding hydrogens is 499 g/mol. The van der Waals surface area contributed by atoms with Gasteiger partial charge in [-0.3, -0.25) is 22.1 Å². The summed E-state index contributed by atoms with van der Waals surface area (Å²) in [6, 6.07) is 14.6. The van der Waals surface area contributed by atoms with E-state index in [-0.39, 0.29) is 5.96 Å². The number of unbranched alkanes of at least 4 members (excludes halogenated alkanes) is 3. The van der Waals surface area contributed by atoms with Gasteiger partial charge in [-0.25, -0.2) is 9.98 Å². The predicted octanol–water partition coefficient (Wildman–Crippen LogP) is 2.97. The lowest BCUT2D eigenvalue weighted by molar-refractivity contribution is 0.490. The van der Waals surface area contributed by atoms with E-state index in [1.807, 2.05) is 55.4 Å². The number of nitrogens with two attached hydrogens (primary N) is 3. The maximum Gasteiger partial charge on any atom is 0.200 e. The van der Waals surface area contributed by atoms with E-state index >= 15 is 0 Å². The van der Waals surface area contributed by atoms with Gasteiger partial charge in [-0.1, -0.05) is 36.0 Å². The molecule has 0 aromatic heterocycles. The van der Waals surface area contributed by atoms with Gasteiger partial charge in [0.05, 0.1) is 0 Å². The summed E-state index contributed by atoms with van der Waals surface area (Å²) in [6.45, 7) is 1.52. The molecule has 2 aromatic carbocycles. The van der Waals surface area contributed by atoms with E-state index in [0.717, 1.165) is 50.1 Å².